The fourth-order valence-electron chi connectivity index (χ4n) is 1.51. The van der Waals surface area contributed by atoms with E-state index >= 15 is 0 Å². The lowest BCUT2D eigenvalue weighted by Gasteiger charge is -2.17. The summed E-state index contributed by atoms with van der Waals surface area (Å²) in [7, 11) is 1.84. The average molecular weight is 284 g/mol. The normalized spacial score (nSPS) is 10.1. The molecule has 0 aromatic heterocycles. The SMILES string of the molecule is CN(C(=O)CCCCCBr)c1ccccc1. The quantitative estimate of drug-likeness (QED) is 0.577. The number of hydrogen-bond donors (Lipinski definition) is 0. The Morgan fingerprint density at radius 1 is 1.19 bits per heavy atom. The van der Waals surface area contributed by atoms with E-state index in [2.05, 4.69) is 15.9 Å². The summed E-state index contributed by atoms with van der Waals surface area (Å²) in [6.45, 7) is 0. The Morgan fingerprint density at radius 2 is 1.88 bits per heavy atom. The van der Waals surface area contributed by atoms with Crippen LogP contribution in [0, 0.1) is 0 Å². The zero-order chi connectivity index (χ0) is 11.8. The summed E-state index contributed by atoms with van der Waals surface area (Å²) in [6, 6.07) is 9.76. The molecule has 3 heteroatoms. The third-order valence-electron chi connectivity index (χ3n) is 2.54. The summed E-state index contributed by atoms with van der Waals surface area (Å²) in [5.74, 6) is 0.195. The van der Waals surface area contributed by atoms with Crippen molar-refractivity contribution in [2.45, 2.75) is 25.7 Å². The molecule has 0 radical (unpaired) electrons. The smallest absolute Gasteiger partial charge is 0.226 e. The fraction of sp³-hybridized carbons (Fsp3) is 0.462. The standard InChI is InChI=1S/C13H18BrNO/c1-15(12-8-4-2-5-9-12)13(16)10-6-3-7-11-14/h2,4-5,8-9H,3,6-7,10-11H2,1H3. The molecule has 88 valence electrons. The number of carbonyl (C=O) groups excluding carboxylic acids is 1. The Kier molecular flexibility index (Phi) is 6.16. The van der Waals surface area contributed by atoms with Gasteiger partial charge in [-0.25, -0.2) is 0 Å². The van der Waals surface area contributed by atoms with E-state index in [0.29, 0.717) is 6.42 Å². The number of nitrogens with zero attached hydrogens (tertiary/aromatic N) is 1. The van der Waals surface area contributed by atoms with E-state index in [0.717, 1.165) is 30.3 Å². The lowest BCUT2D eigenvalue weighted by molar-refractivity contribution is -0.118. The van der Waals surface area contributed by atoms with Crippen LogP contribution >= 0.6 is 15.9 Å². The van der Waals surface area contributed by atoms with Crippen molar-refractivity contribution in [3.8, 4) is 0 Å². The highest BCUT2D eigenvalue weighted by atomic mass is 79.9. The Morgan fingerprint density at radius 3 is 2.50 bits per heavy atom. The highest BCUT2D eigenvalue weighted by molar-refractivity contribution is 9.09. The van der Waals surface area contributed by atoms with Crippen molar-refractivity contribution in [3.63, 3.8) is 0 Å². The van der Waals surface area contributed by atoms with Crippen LogP contribution in [0.4, 0.5) is 5.69 Å². The van der Waals surface area contributed by atoms with Gasteiger partial charge in [0.05, 0.1) is 0 Å². The van der Waals surface area contributed by atoms with Crippen LogP contribution in [0.5, 0.6) is 0 Å². The molecule has 0 saturated carbocycles. The van der Waals surface area contributed by atoms with Gasteiger partial charge in [-0.2, -0.15) is 0 Å². The van der Waals surface area contributed by atoms with Crippen molar-refractivity contribution >= 4 is 27.5 Å². The van der Waals surface area contributed by atoms with Gasteiger partial charge in [-0.15, -0.1) is 0 Å². The van der Waals surface area contributed by atoms with E-state index in [-0.39, 0.29) is 5.91 Å². The van der Waals surface area contributed by atoms with Gasteiger partial charge in [-0.1, -0.05) is 40.5 Å². The highest BCUT2D eigenvalue weighted by Crippen LogP contribution is 2.13. The van der Waals surface area contributed by atoms with Crippen molar-refractivity contribution in [3.05, 3.63) is 30.3 Å². The zero-order valence-corrected chi connectivity index (χ0v) is 11.2. The molecule has 0 fully saturated rings. The molecule has 1 rings (SSSR count). The van der Waals surface area contributed by atoms with Crippen molar-refractivity contribution in [1.29, 1.82) is 0 Å². The monoisotopic (exact) mass is 283 g/mol. The number of hydrogen-bond acceptors (Lipinski definition) is 1. The Balaban J connectivity index is 2.37. The lowest BCUT2D eigenvalue weighted by atomic mass is 10.2. The van der Waals surface area contributed by atoms with Crippen LogP contribution in [0.2, 0.25) is 0 Å². The van der Waals surface area contributed by atoms with Gasteiger partial charge in [0.2, 0.25) is 5.91 Å². The number of amides is 1. The minimum atomic E-state index is 0.195. The summed E-state index contributed by atoms with van der Waals surface area (Å²) in [5.41, 5.74) is 0.966. The van der Waals surface area contributed by atoms with Gasteiger partial charge in [0.25, 0.3) is 0 Å². The largest absolute Gasteiger partial charge is 0.316 e. The first kappa shape index (κ1) is 13.2. The summed E-state index contributed by atoms with van der Waals surface area (Å²) >= 11 is 3.39. The van der Waals surface area contributed by atoms with Gasteiger partial charge in [-0.05, 0) is 25.0 Å². The van der Waals surface area contributed by atoms with Gasteiger partial charge in [0, 0.05) is 24.5 Å². The predicted molar refractivity (Wildman–Crippen MR) is 72.1 cm³/mol. The van der Waals surface area contributed by atoms with E-state index in [4.69, 9.17) is 0 Å². The molecule has 1 aromatic rings. The van der Waals surface area contributed by atoms with Crippen LogP contribution in [0.25, 0.3) is 0 Å². The molecule has 1 aromatic carbocycles. The van der Waals surface area contributed by atoms with E-state index in [1.54, 1.807) is 4.90 Å². The number of unbranched alkanes of at least 4 members (excludes halogenated alkanes) is 2. The fourth-order valence-corrected chi connectivity index (χ4v) is 1.91. The highest BCUT2D eigenvalue weighted by Gasteiger charge is 2.09. The van der Waals surface area contributed by atoms with Gasteiger partial charge in [-0.3, -0.25) is 4.79 Å². The molecular formula is C13H18BrNO. The molecule has 0 saturated heterocycles. The first-order valence-corrected chi connectivity index (χ1v) is 6.75. The lowest BCUT2D eigenvalue weighted by Crippen LogP contribution is -2.25. The number of rotatable bonds is 6. The van der Waals surface area contributed by atoms with Gasteiger partial charge >= 0.3 is 0 Å². The first-order valence-electron chi connectivity index (χ1n) is 5.63. The number of anilines is 1. The third kappa shape index (κ3) is 4.35. The van der Waals surface area contributed by atoms with Crippen molar-refractivity contribution < 1.29 is 4.79 Å². The van der Waals surface area contributed by atoms with Gasteiger partial charge in [0.1, 0.15) is 0 Å². The van der Waals surface area contributed by atoms with Gasteiger partial charge < -0.3 is 4.90 Å². The molecule has 0 atom stereocenters. The molecule has 0 aliphatic rings. The Hall–Kier alpha value is -0.830. The van der Waals surface area contributed by atoms with Crippen LogP contribution in [-0.4, -0.2) is 18.3 Å². The van der Waals surface area contributed by atoms with E-state index in [9.17, 15) is 4.79 Å². The second-order valence-corrected chi connectivity index (χ2v) is 4.58. The van der Waals surface area contributed by atoms with Gasteiger partial charge in [0.15, 0.2) is 0 Å². The predicted octanol–water partition coefficient (Wildman–Crippen LogP) is 3.60. The molecule has 0 aliphatic heterocycles. The van der Waals surface area contributed by atoms with Crippen LogP contribution in [0.15, 0.2) is 30.3 Å². The van der Waals surface area contributed by atoms with Crippen LogP contribution in [0.1, 0.15) is 25.7 Å². The number of alkyl halides is 1. The van der Waals surface area contributed by atoms with E-state index in [1.807, 2.05) is 37.4 Å². The Bertz CT molecular complexity index is 313. The number of carbonyl (C=O) groups is 1. The molecule has 0 bridgehead atoms. The van der Waals surface area contributed by atoms with Crippen LogP contribution in [-0.2, 0) is 4.79 Å². The summed E-state index contributed by atoms with van der Waals surface area (Å²) in [4.78, 5) is 13.6. The van der Waals surface area contributed by atoms with Crippen molar-refractivity contribution in [2.75, 3.05) is 17.3 Å². The number of para-hydroxylation sites is 1. The van der Waals surface area contributed by atoms with Crippen LogP contribution < -0.4 is 4.90 Å². The first-order chi connectivity index (χ1) is 7.75. The minimum Gasteiger partial charge on any atom is -0.316 e. The zero-order valence-electron chi connectivity index (χ0n) is 9.66. The molecule has 0 N–H and O–H groups in total. The maximum absolute atomic E-state index is 11.8. The maximum Gasteiger partial charge on any atom is 0.226 e. The Labute approximate surface area is 106 Å². The van der Waals surface area contributed by atoms with Crippen molar-refractivity contribution in [2.24, 2.45) is 0 Å². The molecule has 0 spiro atoms. The molecule has 0 unspecified atom stereocenters. The molecule has 2 nitrogen and oxygen atoms in total. The number of halogens is 1. The van der Waals surface area contributed by atoms with Crippen LogP contribution in [0.3, 0.4) is 0 Å². The number of benzene rings is 1. The second kappa shape index (κ2) is 7.44. The molecule has 0 aliphatic carbocycles. The summed E-state index contributed by atoms with van der Waals surface area (Å²) < 4.78 is 0. The molecule has 1 amide bonds. The van der Waals surface area contributed by atoms with E-state index < -0.39 is 0 Å². The van der Waals surface area contributed by atoms with Crippen molar-refractivity contribution in [1.82, 2.24) is 0 Å². The maximum atomic E-state index is 11.8. The average Bonchev–Trinajstić information content (AvgIpc) is 2.34. The molecule has 0 heterocycles. The summed E-state index contributed by atoms with van der Waals surface area (Å²) in [5, 5.41) is 1.02. The molecule has 16 heavy (non-hydrogen) atoms. The molecular weight excluding hydrogens is 266 g/mol. The second-order valence-electron chi connectivity index (χ2n) is 3.79. The topological polar surface area (TPSA) is 20.3 Å². The third-order valence-corrected chi connectivity index (χ3v) is 3.10. The van der Waals surface area contributed by atoms with E-state index in [1.165, 1.54) is 0 Å². The minimum absolute atomic E-state index is 0.195. The summed E-state index contributed by atoms with van der Waals surface area (Å²) in [6.07, 6.45) is 3.86.